The quantitative estimate of drug-likeness (QED) is 0.835. The Kier molecular flexibility index (Phi) is 4.30. The molecule has 1 rings (SSSR count). The van der Waals surface area contributed by atoms with E-state index in [-0.39, 0.29) is 5.69 Å². The summed E-state index contributed by atoms with van der Waals surface area (Å²) in [5.74, 6) is -2.62. The van der Waals surface area contributed by atoms with Crippen molar-refractivity contribution in [3.63, 3.8) is 0 Å². The predicted molar refractivity (Wildman–Crippen MR) is 54.4 cm³/mol. The van der Waals surface area contributed by atoms with Gasteiger partial charge in [0.1, 0.15) is 5.82 Å². The summed E-state index contributed by atoms with van der Waals surface area (Å²) >= 11 is 0. The van der Waals surface area contributed by atoms with Gasteiger partial charge in [0.05, 0.1) is 5.56 Å². The van der Waals surface area contributed by atoms with Crippen molar-refractivity contribution in [2.45, 2.75) is 6.18 Å². The maximum absolute atomic E-state index is 13.0. The molecule has 0 unspecified atom stereocenters. The van der Waals surface area contributed by atoms with Crippen LogP contribution in [-0.2, 0) is 4.74 Å². The van der Waals surface area contributed by atoms with Crippen LogP contribution in [-0.4, -0.2) is 30.0 Å². The van der Waals surface area contributed by atoms with Gasteiger partial charge in [-0.2, -0.15) is 13.2 Å². The van der Waals surface area contributed by atoms with Crippen molar-refractivity contribution >= 4 is 17.7 Å². The van der Waals surface area contributed by atoms with E-state index in [1.165, 1.54) is 0 Å². The minimum Gasteiger partial charge on any atom is -0.478 e. The second kappa shape index (κ2) is 5.55. The first-order valence-corrected chi connectivity index (χ1v) is 4.72. The van der Waals surface area contributed by atoms with Crippen molar-refractivity contribution < 1.29 is 37.0 Å². The Labute approximate surface area is 103 Å². The molecular formula is C10H7F4NO4. The van der Waals surface area contributed by atoms with E-state index < -0.39 is 36.2 Å². The van der Waals surface area contributed by atoms with E-state index in [4.69, 9.17) is 5.11 Å². The summed E-state index contributed by atoms with van der Waals surface area (Å²) in [4.78, 5) is 21.5. The van der Waals surface area contributed by atoms with E-state index in [1.54, 1.807) is 0 Å². The molecule has 0 saturated heterocycles. The van der Waals surface area contributed by atoms with Gasteiger partial charge in [0.25, 0.3) is 0 Å². The highest BCUT2D eigenvalue weighted by Gasteiger charge is 2.29. The third kappa shape index (κ3) is 4.82. The van der Waals surface area contributed by atoms with Crippen molar-refractivity contribution in [2.75, 3.05) is 11.9 Å². The number of benzene rings is 1. The van der Waals surface area contributed by atoms with E-state index in [0.717, 1.165) is 18.2 Å². The van der Waals surface area contributed by atoms with Crippen molar-refractivity contribution in [3.8, 4) is 0 Å². The first-order valence-electron chi connectivity index (χ1n) is 4.72. The van der Waals surface area contributed by atoms with Gasteiger partial charge in [-0.3, -0.25) is 5.32 Å². The molecule has 0 heterocycles. The highest BCUT2D eigenvalue weighted by atomic mass is 19.4. The molecule has 104 valence electrons. The number of carbonyl (C=O) groups excluding carboxylic acids is 1. The summed E-state index contributed by atoms with van der Waals surface area (Å²) in [5.41, 5.74) is -0.931. The van der Waals surface area contributed by atoms with Crippen LogP contribution in [0.1, 0.15) is 10.4 Å². The Balaban J connectivity index is 2.70. The average Bonchev–Trinajstić information content (AvgIpc) is 2.28. The Hall–Kier alpha value is -2.32. The first-order chi connectivity index (χ1) is 8.69. The van der Waals surface area contributed by atoms with Crippen molar-refractivity contribution in [3.05, 3.63) is 29.6 Å². The van der Waals surface area contributed by atoms with E-state index in [2.05, 4.69) is 4.74 Å². The van der Waals surface area contributed by atoms with Gasteiger partial charge in [-0.25, -0.2) is 14.0 Å². The Morgan fingerprint density at radius 3 is 2.47 bits per heavy atom. The highest BCUT2D eigenvalue weighted by Crippen LogP contribution is 2.17. The molecular weight excluding hydrogens is 274 g/mol. The number of ether oxygens (including phenoxy) is 1. The smallest absolute Gasteiger partial charge is 0.422 e. The number of amides is 1. The lowest BCUT2D eigenvalue weighted by molar-refractivity contribution is -0.159. The number of halogens is 4. The van der Waals surface area contributed by atoms with Crippen LogP contribution in [0, 0.1) is 5.82 Å². The number of anilines is 1. The second-order valence-corrected chi connectivity index (χ2v) is 3.32. The van der Waals surface area contributed by atoms with Crippen molar-refractivity contribution in [2.24, 2.45) is 0 Å². The molecule has 0 saturated carbocycles. The fourth-order valence-electron chi connectivity index (χ4n) is 1.07. The van der Waals surface area contributed by atoms with E-state index in [1.807, 2.05) is 5.32 Å². The van der Waals surface area contributed by atoms with Gasteiger partial charge in [0.15, 0.2) is 6.61 Å². The van der Waals surface area contributed by atoms with Crippen LogP contribution < -0.4 is 5.32 Å². The van der Waals surface area contributed by atoms with Crippen LogP contribution in [0.3, 0.4) is 0 Å². The first kappa shape index (κ1) is 14.7. The van der Waals surface area contributed by atoms with Crippen molar-refractivity contribution in [1.82, 2.24) is 0 Å². The van der Waals surface area contributed by atoms with Gasteiger partial charge in [-0.1, -0.05) is 0 Å². The lowest BCUT2D eigenvalue weighted by Gasteiger charge is -2.09. The monoisotopic (exact) mass is 281 g/mol. The van der Waals surface area contributed by atoms with E-state index >= 15 is 0 Å². The molecule has 0 fully saturated rings. The van der Waals surface area contributed by atoms with Gasteiger partial charge in [0, 0.05) is 5.69 Å². The summed E-state index contributed by atoms with van der Waals surface area (Å²) < 4.78 is 52.0. The third-order valence-corrected chi connectivity index (χ3v) is 1.81. The number of rotatable bonds is 3. The number of carboxylic acid groups (broad SMARTS) is 1. The normalized spacial score (nSPS) is 10.9. The molecule has 1 amide bonds. The van der Waals surface area contributed by atoms with E-state index in [9.17, 15) is 27.2 Å². The summed E-state index contributed by atoms with van der Waals surface area (Å²) in [6.45, 7) is -1.79. The molecule has 0 aliphatic heterocycles. The maximum Gasteiger partial charge on any atom is 0.422 e. The van der Waals surface area contributed by atoms with Crippen LogP contribution in [0.15, 0.2) is 18.2 Å². The topological polar surface area (TPSA) is 75.6 Å². The van der Waals surface area contributed by atoms with Crippen LogP contribution in [0.5, 0.6) is 0 Å². The number of hydrogen-bond acceptors (Lipinski definition) is 3. The van der Waals surface area contributed by atoms with Crippen LogP contribution in [0.4, 0.5) is 28.0 Å². The second-order valence-electron chi connectivity index (χ2n) is 3.32. The summed E-state index contributed by atoms with van der Waals surface area (Å²) in [6.07, 6.45) is -6.10. The highest BCUT2D eigenvalue weighted by molar-refractivity contribution is 5.91. The van der Waals surface area contributed by atoms with Gasteiger partial charge in [-0.15, -0.1) is 0 Å². The molecule has 9 heteroatoms. The SMILES string of the molecule is O=C(Nc1ccc(F)c(C(=O)O)c1)OCC(F)(F)F. The number of alkyl halides is 3. The number of carboxylic acids is 1. The molecule has 19 heavy (non-hydrogen) atoms. The van der Waals surface area contributed by atoms with Gasteiger partial charge >= 0.3 is 18.2 Å². The minimum atomic E-state index is -4.67. The third-order valence-electron chi connectivity index (χ3n) is 1.81. The van der Waals surface area contributed by atoms with Crippen LogP contribution >= 0.6 is 0 Å². The zero-order valence-electron chi connectivity index (χ0n) is 9.12. The number of aromatic carboxylic acids is 1. The Morgan fingerprint density at radius 1 is 1.32 bits per heavy atom. The number of carbonyl (C=O) groups is 2. The molecule has 0 aliphatic rings. The Bertz CT molecular complexity index is 501. The molecule has 5 nitrogen and oxygen atoms in total. The minimum absolute atomic E-state index is 0.203. The predicted octanol–water partition coefficient (Wildman–Crippen LogP) is 2.63. The number of hydrogen-bond donors (Lipinski definition) is 2. The molecule has 1 aromatic rings. The fourth-order valence-corrected chi connectivity index (χ4v) is 1.07. The zero-order chi connectivity index (χ0) is 14.6. The molecule has 0 radical (unpaired) electrons. The molecule has 0 aliphatic carbocycles. The molecule has 0 spiro atoms. The van der Waals surface area contributed by atoms with Gasteiger partial charge in [0.2, 0.25) is 0 Å². The number of nitrogens with one attached hydrogen (secondary N) is 1. The molecule has 0 atom stereocenters. The maximum atomic E-state index is 13.0. The standard InChI is InChI=1S/C10H7F4NO4/c11-7-2-1-5(3-6(7)8(16)17)15-9(18)19-4-10(12,13)14/h1-3H,4H2,(H,15,18)(H,16,17). The zero-order valence-corrected chi connectivity index (χ0v) is 9.12. The van der Waals surface area contributed by atoms with Gasteiger partial charge in [-0.05, 0) is 18.2 Å². The molecule has 1 aromatic carbocycles. The molecule has 0 bridgehead atoms. The molecule has 2 N–H and O–H groups in total. The van der Waals surface area contributed by atoms with Crippen LogP contribution in [0.25, 0.3) is 0 Å². The fraction of sp³-hybridized carbons (Fsp3) is 0.200. The summed E-state index contributed by atoms with van der Waals surface area (Å²) in [5, 5.41) is 10.4. The lowest BCUT2D eigenvalue weighted by Crippen LogP contribution is -2.23. The summed E-state index contributed by atoms with van der Waals surface area (Å²) in [7, 11) is 0. The largest absolute Gasteiger partial charge is 0.478 e. The van der Waals surface area contributed by atoms with Gasteiger partial charge < -0.3 is 9.84 Å². The Morgan fingerprint density at radius 2 is 1.95 bits per heavy atom. The lowest BCUT2D eigenvalue weighted by atomic mass is 10.2. The van der Waals surface area contributed by atoms with E-state index in [0.29, 0.717) is 0 Å². The van der Waals surface area contributed by atoms with Crippen LogP contribution in [0.2, 0.25) is 0 Å². The molecule has 0 aromatic heterocycles. The van der Waals surface area contributed by atoms with Crippen molar-refractivity contribution in [1.29, 1.82) is 0 Å². The average molecular weight is 281 g/mol. The summed E-state index contributed by atoms with van der Waals surface area (Å²) in [6, 6.07) is 2.49.